The highest BCUT2D eigenvalue weighted by atomic mass is 14.4. The Labute approximate surface area is 129 Å². The van der Waals surface area contributed by atoms with Crippen LogP contribution in [0.25, 0.3) is 0 Å². The van der Waals surface area contributed by atoms with Crippen LogP contribution in [0.1, 0.15) is 62.3 Å². The topological polar surface area (TPSA) is 26.0 Å². The monoisotopic (exact) mass is 281 g/mol. The summed E-state index contributed by atoms with van der Waals surface area (Å²) in [5.41, 5.74) is 7.72. The molecule has 0 amide bonds. The van der Waals surface area contributed by atoms with Crippen LogP contribution in [-0.4, -0.2) is 7.05 Å². The van der Waals surface area contributed by atoms with E-state index < -0.39 is 0 Å². The molecule has 0 aromatic carbocycles. The Morgan fingerprint density at radius 2 is 1.30 bits per heavy atom. The molecular weight excluding hydrogens is 242 g/mol. The minimum absolute atomic E-state index is 0.265. The summed E-state index contributed by atoms with van der Waals surface area (Å²) < 4.78 is 0. The maximum atomic E-state index is 4.50. The predicted octanol–water partition coefficient (Wildman–Crippen LogP) is 5.98. The van der Waals surface area contributed by atoms with E-state index in [1.807, 2.05) is 6.08 Å². The van der Waals surface area contributed by atoms with Crippen molar-refractivity contribution in [2.45, 2.75) is 62.3 Å². The van der Waals surface area contributed by atoms with Crippen molar-refractivity contribution >= 4 is 0 Å². The van der Waals surface area contributed by atoms with Gasteiger partial charge in [0.05, 0.1) is 0 Å². The number of hydrogen-bond donors (Lipinski definition) is 1. The largest absolute Gasteiger partial charge is 0.333 e. The van der Waals surface area contributed by atoms with Gasteiger partial charge in [0.15, 0.2) is 0 Å². The first-order chi connectivity index (χ1) is 9.11. The lowest BCUT2D eigenvalue weighted by molar-refractivity contribution is 0.496. The van der Waals surface area contributed by atoms with Crippen LogP contribution in [0.5, 0.6) is 0 Å². The maximum Gasteiger partial charge on any atom is -0.0132 e. The van der Waals surface area contributed by atoms with Gasteiger partial charge in [-0.15, -0.1) is 6.58 Å². The standard InChI is InChI=1S/C13H24.C5H10.CH5N/c1-8-11(10(3)4)12(9-2)13(5,6)7;1-4-5(2)3;1-2/h8-10H,1-7H3;4-5H,1H2,2-3H3;2H2,1H3/b11-8-,12-9+;;. The molecule has 0 spiro atoms. The van der Waals surface area contributed by atoms with E-state index in [2.05, 4.69) is 86.8 Å². The van der Waals surface area contributed by atoms with Crippen molar-refractivity contribution in [1.82, 2.24) is 0 Å². The second kappa shape index (κ2) is 13.2. The van der Waals surface area contributed by atoms with E-state index >= 15 is 0 Å². The minimum atomic E-state index is 0.265. The molecule has 1 heteroatoms. The van der Waals surface area contributed by atoms with Gasteiger partial charge in [-0.05, 0) is 49.3 Å². The molecule has 20 heavy (non-hydrogen) atoms. The first-order valence-corrected chi connectivity index (χ1v) is 7.65. The van der Waals surface area contributed by atoms with Crippen molar-refractivity contribution in [2.75, 3.05) is 7.05 Å². The van der Waals surface area contributed by atoms with Crippen molar-refractivity contribution in [3.05, 3.63) is 36.0 Å². The zero-order chi connectivity index (χ0) is 16.9. The SMILES string of the molecule is C/C=C(\C(=C/C)C(C)(C)C)C(C)C.C=CC(C)C.CN. The molecule has 0 rings (SSSR count). The number of rotatable bonds is 3. The number of nitrogens with two attached hydrogens (primary N) is 1. The van der Waals surface area contributed by atoms with Crippen LogP contribution in [0.3, 0.4) is 0 Å². The van der Waals surface area contributed by atoms with Gasteiger partial charge >= 0.3 is 0 Å². The second-order valence-corrected chi connectivity index (χ2v) is 6.33. The van der Waals surface area contributed by atoms with Gasteiger partial charge in [-0.25, -0.2) is 0 Å². The molecule has 0 saturated heterocycles. The predicted molar refractivity (Wildman–Crippen MR) is 97.0 cm³/mol. The maximum absolute atomic E-state index is 4.50. The molecule has 0 aromatic heterocycles. The molecule has 0 radical (unpaired) electrons. The third-order valence-corrected chi connectivity index (χ3v) is 2.81. The molecule has 0 aliphatic rings. The highest BCUT2D eigenvalue weighted by Gasteiger charge is 2.20. The molecule has 0 aliphatic carbocycles. The zero-order valence-electron chi connectivity index (χ0n) is 15.7. The van der Waals surface area contributed by atoms with E-state index in [0.717, 1.165) is 0 Å². The van der Waals surface area contributed by atoms with Gasteiger partial charge in [0.2, 0.25) is 0 Å². The minimum Gasteiger partial charge on any atom is -0.333 e. The second-order valence-electron chi connectivity index (χ2n) is 6.33. The molecular formula is C19H39N. The fourth-order valence-electron chi connectivity index (χ4n) is 1.83. The van der Waals surface area contributed by atoms with Crippen molar-refractivity contribution in [3.8, 4) is 0 Å². The van der Waals surface area contributed by atoms with Crippen LogP contribution < -0.4 is 5.73 Å². The molecule has 0 unspecified atom stereocenters. The van der Waals surface area contributed by atoms with Crippen molar-refractivity contribution in [2.24, 2.45) is 23.0 Å². The molecule has 0 aliphatic heterocycles. The van der Waals surface area contributed by atoms with Crippen LogP contribution in [-0.2, 0) is 0 Å². The van der Waals surface area contributed by atoms with Gasteiger partial charge in [0.1, 0.15) is 0 Å². The summed E-state index contributed by atoms with van der Waals surface area (Å²) >= 11 is 0. The van der Waals surface area contributed by atoms with E-state index in [1.54, 1.807) is 0 Å². The molecule has 0 fully saturated rings. The van der Waals surface area contributed by atoms with Gasteiger partial charge in [-0.2, -0.15) is 0 Å². The third kappa shape index (κ3) is 12.2. The lowest BCUT2D eigenvalue weighted by atomic mass is 9.78. The third-order valence-electron chi connectivity index (χ3n) is 2.81. The Balaban J connectivity index is -0.000000346. The summed E-state index contributed by atoms with van der Waals surface area (Å²) in [5.74, 6) is 1.27. The molecule has 0 heterocycles. The summed E-state index contributed by atoms with van der Waals surface area (Å²) in [7, 11) is 1.50. The average Bonchev–Trinajstić information content (AvgIpc) is 2.36. The fraction of sp³-hybridized carbons (Fsp3) is 0.684. The summed E-state index contributed by atoms with van der Waals surface area (Å²) in [5, 5.41) is 0. The molecule has 0 atom stereocenters. The van der Waals surface area contributed by atoms with Crippen molar-refractivity contribution < 1.29 is 0 Å². The van der Waals surface area contributed by atoms with Crippen LogP contribution in [0, 0.1) is 17.3 Å². The van der Waals surface area contributed by atoms with Crippen LogP contribution >= 0.6 is 0 Å². The highest BCUT2D eigenvalue weighted by molar-refractivity contribution is 5.35. The van der Waals surface area contributed by atoms with E-state index in [0.29, 0.717) is 11.8 Å². The molecule has 0 saturated carbocycles. The van der Waals surface area contributed by atoms with E-state index in [9.17, 15) is 0 Å². The van der Waals surface area contributed by atoms with Gasteiger partial charge in [-0.1, -0.05) is 66.7 Å². The van der Waals surface area contributed by atoms with Gasteiger partial charge in [-0.3, -0.25) is 0 Å². The van der Waals surface area contributed by atoms with Gasteiger partial charge in [0.25, 0.3) is 0 Å². The number of allylic oxidation sites excluding steroid dienone is 5. The summed E-state index contributed by atoms with van der Waals surface area (Å²) in [6, 6.07) is 0. The summed E-state index contributed by atoms with van der Waals surface area (Å²) in [4.78, 5) is 0. The van der Waals surface area contributed by atoms with Crippen LogP contribution in [0.2, 0.25) is 0 Å². The zero-order valence-corrected chi connectivity index (χ0v) is 15.7. The molecule has 0 aromatic rings. The molecule has 1 nitrogen and oxygen atoms in total. The van der Waals surface area contributed by atoms with Gasteiger partial charge in [0, 0.05) is 0 Å². The van der Waals surface area contributed by atoms with E-state index in [-0.39, 0.29) is 5.41 Å². The average molecular weight is 282 g/mol. The lowest BCUT2D eigenvalue weighted by Crippen LogP contribution is -2.14. The molecule has 120 valence electrons. The summed E-state index contributed by atoms with van der Waals surface area (Å²) in [6.07, 6.45) is 6.40. The Morgan fingerprint density at radius 3 is 1.35 bits per heavy atom. The molecule has 0 bridgehead atoms. The first kappa shape index (κ1) is 24.2. The van der Waals surface area contributed by atoms with Crippen LogP contribution in [0.15, 0.2) is 36.0 Å². The fourth-order valence-corrected chi connectivity index (χ4v) is 1.83. The molecule has 2 N–H and O–H groups in total. The van der Waals surface area contributed by atoms with E-state index in [1.165, 1.54) is 18.2 Å². The smallest absolute Gasteiger partial charge is 0.0132 e. The Morgan fingerprint density at radius 1 is 0.950 bits per heavy atom. The Kier molecular flexibility index (Phi) is 16.0. The lowest BCUT2D eigenvalue weighted by Gasteiger charge is -2.27. The Hall–Kier alpha value is -0.820. The van der Waals surface area contributed by atoms with Gasteiger partial charge < -0.3 is 5.73 Å². The number of hydrogen-bond acceptors (Lipinski definition) is 1. The van der Waals surface area contributed by atoms with E-state index in [4.69, 9.17) is 0 Å². The first-order valence-electron chi connectivity index (χ1n) is 7.65. The van der Waals surface area contributed by atoms with Crippen LogP contribution in [0.4, 0.5) is 0 Å². The Bertz CT molecular complexity index is 285. The van der Waals surface area contributed by atoms with Crippen molar-refractivity contribution in [1.29, 1.82) is 0 Å². The normalized spacial score (nSPS) is 12.4. The summed E-state index contributed by atoms with van der Waals surface area (Å²) in [6.45, 7) is 23.4. The highest BCUT2D eigenvalue weighted by Crippen LogP contribution is 2.34. The quantitative estimate of drug-likeness (QED) is 0.499. The van der Waals surface area contributed by atoms with Crippen molar-refractivity contribution in [3.63, 3.8) is 0 Å².